The van der Waals surface area contributed by atoms with E-state index >= 15 is 0 Å². The summed E-state index contributed by atoms with van der Waals surface area (Å²) < 4.78 is 0. The monoisotopic (exact) mass is 338 g/mol. The van der Waals surface area contributed by atoms with Gasteiger partial charge in [0.1, 0.15) is 12.4 Å². The molecule has 4 nitrogen and oxygen atoms in total. The Kier molecular flexibility index (Phi) is 10.9. The number of carbonyl (C=O) groups is 2. The molecule has 138 valence electrons. The third-order valence-corrected chi connectivity index (χ3v) is 4.96. The highest BCUT2D eigenvalue weighted by atomic mass is 16.3. The summed E-state index contributed by atoms with van der Waals surface area (Å²) in [6, 6.07) is 0. The SMILES string of the molecule is CCCC(O)CC=C[C@H]1CCC(=O)[C@@H]1CCCCCCC(=O)CO. The Morgan fingerprint density at radius 3 is 2.75 bits per heavy atom. The zero-order chi connectivity index (χ0) is 17.8. The summed E-state index contributed by atoms with van der Waals surface area (Å²) >= 11 is 0. The zero-order valence-electron chi connectivity index (χ0n) is 15.1. The van der Waals surface area contributed by atoms with E-state index < -0.39 is 0 Å². The van der Waals surface area contributed by atoms with Crippen molar-refractivity contribution in [2.45, 2.75) is 83.7 Å². The summed E-state index contributed by atoms with van der Waals surface area (Å²) in [5.41, 5.74) is 0. The highest BCUT2D eigenvalue weighted by Gasteiger charge is 2.32. The predicted molar refractivity (Wildman–Crippen MR) is 95.7 cm³/mol. The van der Waals surface area contributed by atoms with E-state index in [1.807, 2.05) is 0 Å². The molecule has 0 radical (unpaired) electrons. The summed E-state index contributed by atoms with van der Waals surface area (Å²) in [5.74, 6) is 0.775. The smallest absolute Gasteiger partial charge is 0.158 e. The number of rotatable bonds is 13. The lowest BCUT2D eigenvalue weighted by molar-refractivity contribution is -0.122. The molecule has 0 heterocycles. The molecule has 1 rings (SSSR count). The van der Waals surface area contributed by atoms with Crippen molar-refractivity contribution in [1.29, 1.82) is 0 Å². The van der Waals surface area contributed by atoms with Crippen LogP contribution in [0.1, 0.15) is 77.6 Å². The number of allylic oxidation sites excluding steroid dienone is 1. The Morgan fingerprint density at radius 2 is 2.04 bits per heavy atom. The normalized spacial score (nSPS) is 22.4. The quantitative estimate of drug-likeness (QED) is 0.397. The van der Waals surface area contributed by atoms with Crippen molar-refractivity contribution >= 4 is 11.6 Å². The third-order valence-electron chi connectivity index (χ3n) is 4.96. The van der Waals surface area contributed by atoms with Crippen LogP contribution in [-0.2, 0) is 9.59 Å². The first-order valence-electron chi connectivity index (χ1n) is 9.58. The molecule has 4 heteroatoms. The molecule has 0 bridgehead atoms. The van der Waals surface area contributed by atoms with Gasteiger partial charge in [-0.1, -0.05) is 44.8 Å². The predicted octanol–water partition coefficient (Wildman–Crippen LogP) is 3.59. The van der Waals surface area contributed by atoms with Crippen LogP contribution >= 0.6 is 0 Å². The van der Waals surface area contributed by atoms with Crippen LogP contribution in [0.15, 0.2) is 12.2 Å². The fraction of sp³-hybridized carbons (Fsp3) is 0.800. The molecule has 1 unspecified atom stereocenters. The Hall–Kier alpha value is -1.00. The van der Waals surface area contributed by atoms with Crippen molar-refractivity contribution in [2.75, 3.05) is 6.61 Å². The minimum absolute atomic E-state index is 0.0866. The fourth-order valence-electron chi connectivity index (χ4n) is 3.52. The number of aliphatic hydroxyl groups is 2. The van der Waals surface area contributed by atoms with E-state index in [9.17, 15) is 14.7 Å². The van der Waals surface area contributed by atoms with Crippen molar-refractivity contribution in [3.8, 4) is 0 Å². The van der Waals surface area contributed by atoms with Crippen LogP contribution < -0.4 is 0 Å². The molecule has 1 aliphatic rings. The Bertz CT molecular complexity index is 402. The van der Waals surface area contributed by atoms with Gasteiger partial charge in [0.25, 0.3) is 0 Å². The van der Waals surface area contributed by atoms with Crippen molar-refractivity contribution < 1.29 is 19.8 Å². The molecule has 2 N–H and O–H groups in total. The van der Waals surface area contributed by atoms with E-state index in [4.69, 9.17) is 5.11 Å². The van der Waals surface area contributed by atoms with E-state index in [-0.39, 0.29) is 24.4 Å². The maximum Gasteiger partial charge on any atom is 0.158 e. The molecule has 1 fully saturated rings. The lowest BCUT2D eigenvalue weighted by atomic mass is 9.89. The summed E-state index contributed by atoms with van der Waals surface area (Å²) in [6.45, 7) is 1.72. The molecule has 0 amide bonds. The van der Waals surface area contributed by atoms with Gasteiger partial charge in [-0.3, -0.25) is 9.59 Å². The van der Waals surface area contributed by atoms with Gasteiger partial charge in [0.15, 0.2) is 5.78 Å². The molecule has 0 spiro atoms. The van der Waals surface area contributed by atoms with E-state index in [0.717, 1.165) is 51.4 Å². The molecular weight excluding hydrogens is 304 g/mol. The second kappa shape index (κ2) is 12.4. The zero-order valence-corrected chi connectivity index (χ0v) is 15.1. The first-order valence-corrected chi connectivity index (χ1v) is 9.58. The first-order chi connectivity index (χ1) is 11.6. The molecule has 0 aromatic heterocycles. The van der Waals surface area contributed by atoms with Crippen LogP contribution in [0.2, 0.25) is 0 Å². The van der Waals surface area contributed by atoms with Crippen LogP contribution in [0, 0.1) is 11.8 Å². The molecule has 0 aromatic carbocycles. The second-order valence-corrected chi connectivity index (χ2v) is 7.03. The van der Waals surface area contributed by atoms with E-state index in [1.165, 1.54) is 0 Å². The highest BCUT2D eigenvalue weighted by molar-refractivity contribution is 5.83. The molecule has 1 saturated carbocycles. The third kappa shape index (κ3) is 8.20. The molecule has 24 heavy (non-hydrogen) atoms. The lowest BCUT2D eigenvalue weighted by Gasteiger charge is -2.15. The summed E-state index contributed by atoms with van der Waals surface area (Å²) in [5, 5.41) is 18.4. The largest absolute Gasteiger partial charge is 0.393 e. The standard InChI is InChI=1S/C20H34O4/c1-2-8-17(22)11-7-9-16-13-14-20(24)19(16)12-6-4-3-5-10-18(23)15-21/h7,9,16-17,19,21-22H,2-6,8,10-15H2,1H3/t16-,17?,19+/m0/s1. The summed E-state index contributed by atoms with van der Waals surface area (Å²) in [4.78, 5) is 23.1. The second-order valence-electron chi connectivity index (χ2n) is 7.03. The van der Waals surface area contributed by atoms with Crippen LogP contribution in [-0.4, -0.2) is 34.5 Å². The van der Waals surface area contributed by atoms with Crippen LogP contribution in [0.25, 0.3) is 0 Å². The van der Waals surface area contributed by atoms with Gasteiger partial charge in [0, 0.05) is 18.8 Å². The minimum atomic E-state index is -0.350. The Morgan fingerprint density at radius 1 is 1.29 bits per heavy atom. The number of ketones is 2. The maximum atomic E-state index is 12.1. The van der Waals surface area contributed by atoms with Gasteiger partial charge in [0.05, 0.1) is 6.10 Å². The van der Waals surface area contributed by atoms with E-state index in [2.05, 4.69) is 19.1 Å². The van der Waals surface area contributed by atoms with Gasteiger partial charge in [0.2, 0.25) is 0 Å². The van der Waals surface area contributed by atoms with Crippen molar-refractivity contribution in [3.05, 3.63) is 12.2 Å². The number of Topliss-reactive ketones (excluding diaryl/α,β-unsaturated/α-hetero) is 2. The van der Waals surface area contributed by atoms with Crippen LogP contribution in [0.5, 0.6) is 0 Å². The molecule has 0 aromatic rings. The van der Waals surface area contributed by atoms with Crippen LogP contribution in [0.3, 0.4) is 0 Å². The molecule has 3 atom stereocenters. The first kappa shape index (κ1) is 21.0. The number of hydrogen-bond donors (Lipinski definition) is 2. The van der Waals surface area contributed by atoms with Crippen molar-refractivity contribution in [2.24, 2.45) is 11.8 Å². The van der Waals surface area contributed by atoms with Gasteiger partial charge < -0.3 is 10.2 Å². The average molecular weight is 338 g/mol. The fourth-order valence-corrected chi connectivity index (χ4v) is 3.52. The molecule has 0 aliphatic heterocycles. The van der Waals surface area contributed by atoms with Crippen molar-refractivity contribution in [1.82, 2.24) is 0 Å². The van der Waals surface area contributed by atoms with E-state index in [1.54, 1.807) is 0 Å². The number of carbonyl (C=O) groups excluding carboxylic acids is 2. The van der Waals surface area contributed by atoms with Gasteiger partial charge in [-0.15, -0.1) is 0 Å². The summed E-state index contributed by atoms with van der Waals surface area (Å²) in [7, 11) is 0. The van der Waals surface area contributed by atoms with Gasteiger partial charge in [-0.2, -0.15) is 0 Å². The molecular formula is C20H34O4. The number of aliphatic hydroxyl groups excluding tert-OH is 2. The lowest BCUT2D eigenvalue weighted by Crippen LogP contribution is -2.13. The van der Waals surface area contributed by atoms with Gasteiger partial charge in [-0.25, -0.2) is 0 Å². The minimum Gasteiger partial charge on any atom is -0.393 e. The molecule has 0 saturated heterocycles. The van der Waals surface area contributed by atoms with Gasteiger partial charge >= 0.3 is 0 Å². The average Bonchev–Trinajstić information content (AvgIpc) is 2.91. The highest BCUT2D eigenvalue weighted by Crippen LogP contribution is 2.34. The number of hydrogen-bond acceptors (Lipinski definition) is 4. The maximum absolute atomic E-state index is 12.1. The number of unbranched alkanes of at least 4 members (excludes halogenated alkanes) is 3. The van der Waals surface area contributed by atoms with E-state index in [0.29, 0.717) is 31.0 Å². The van der Waals surface area contributed by atoms with Gasteiger partial charge in [-0.05, 0) is 38.0 Å². The Balaban J connectivity index is 2.24. The van der Waals surface area contributed by atoms with Crippen molar-refractivity contribution in [3.63, 3.8) is 0 Å². The molecule has 1 aliphatic carbocycles. The summed E-state index contributed by atoms with van der Waals surface area (Å²) in [6.07, 6.45) is 13.3. The van der Waals surface area contributed by atoms with Crippen LogP contribution in [0.4, 0.5) is 0 Å². The Labute approximate surface area is 146 Å². The topological polar surface area (TPSA) is 74.6 Å².